The summed E-state index contributed by atoms with van der Waals surface area (Å²) < 4.78 is 1.12. The molecule has 0 saturated carbocycles. The minimum absolute atomic E-state index is 0.395. The third-order valence-electron chi connectivity index (χ3n) is 3.24. The van der Waals surface area contributed by atoms with Gasteiger partial charge in [0.2, 0.25) is 0 Å². The fraction of sp³-hybridized carbons (Fsp3) is 0.438. The van der Waals surface area contributed by atoms with Crippen LogP contribution >= 0.6 is 27.3 Å². The van der Waals surface area contributed by atoms with Crippen molar-refractivity contribution in [1.29, 1.82) is 0 Å². The van der Waals surface area contributed by atoms with E-state index in [9.17, 15) is 0 Å². The summed E-state index contributed by atoms with van der Waals surface area (Å²) in [6, 6.07) is 8.87. The molecule has 1 aromatic carbocycles. The summed E-state index contributed by atoms with van der Waals surface area (Å²) in [5, 5.41) is 4.74. The highest BCUT2D eigenvalue weighted by Gasteiger charge is 2.13. The van der Waals surface area contributed by atoms with Crippen LogP contribution < -0.4 is 5.32 Å². The summed E-state index contributed by atoms with van der Waals surface area (Å²) in [5.74, 6) is 0. The Morgan fingerprint density at radius 2 is 2.00 bits per heavy atom. The quantitative estimate of drug-likeness (QED) is 0.802. The number of benzene rings is 1. The molecule has 0 saturated heterocycles. The van der Waals surface area contributed by atoms with Gasteiger partial charge in [0.1, 0.15) is 0 Å². The third kappa shape index (κ3) is 4.14. The van der Waals surface area contributed by atoms with E-state index >= 15 is 0 Å². The first-order valence-electron chi connectivity index (χ1n) is 7.04. The number of nitrogens with one attached hydrogen (secondary N) is 1. The molecule has 0 aliphatic heterocycles. The monoisotopic (exact) mass is 352 g/mol. The van der Waals surface area contributed by atoms with Crippen LogP contribution in [0.1, 0.15) is 47.5 Å². The standard InChI is InChI=1S/C16H21BrN2S/c1-4-9-18-11(2)16-12(3)19-15(20-16)10-13-5-7-14(17)8-6-13/h5-8,11,18H,4,9-10H2,1-3H3. The van der Waals surface area contributed by atoms with E-state index in [0.29, 0.717) is 6.04 Å². The van der Waals surface area contributed by atoms with Crippen LogP contribution in [-0.2, 0) is 6.42 Å². The molecule has 2 nitrogen and oxygen atoms in total. The molecule has 108 valence electrons. The van der Waals surface area contributed by atoms with Gasteiger partial charge < -0.3 is 5.32 Å². The van der Waals surface area contributed by atoms with E-state index in [-0.39, 0.29) is 0 Å². The number of halogens is 1. The van der Waals surface area contributed by atoms with Crippen molar-refractivity contribution < 1.29 is 0 Å². The van der Waals surface area contributed by atoms with Gasteiger partial charge in [-0.15, -0.1) is 11.3 Å². The van der Waals surface area contributed by atoms with E-state index in [4.69, 9.17) is 4.98 Å². The first-order valence-corrected chi connectivity index (χ1v) is 8.65. The fourth-order valence-electron chi connectivity index (χ4n) is 2.17. The Morgan fingerprint density at radius 3 is 2.65 bits per heavy atom. The maximum Gasteiger partial charge on any atom is 0.0975 e. The molecule has 0 fully saturated rings. The SMILES string of the molecule is CCCNC(C)c1sc(Cc2ccc(Br)cc2)nc1C. The summed E-state index contributed by atoms with van der Waals surface area (Å²) in [6.07, 6.45) is 2.08. The molecule has 0 spiro atoms. The number of aromatic nitrogens is 1. The fourth-order valence-corrected chi connectivity index (χ4v) is 3.57. The molecular weight excluding hydrogens is 332 g/mol. The van der Waals surface area contributed by atoms with Gasteiger partial charge in [-0.2, -0.15) is 0 Å². The molecule has 1 aromatic heterocycles. The molecule has 20 heavy (non-hydrogen) atoms. The smallest absolute Gasteiger partial charge is 0.0975 e. The van der Waals surface area contributed by atoms with E-state index in [1.165, 1.54) is 21.1 Å². The van der Waals surface area contributed by atoms with Crippen molar-refractivity contribution in [3.8, 4) is 0 Å². The van der Waals surface area contributed by atoms with E-state index in [0.717, 1.165) is 23.9 Å². The molecule has 2 rings (SSSR count). The Labute approximate surface area is 133 Å². The van der Waals surface area contributed by atoms with E-state index < -0.39 is 0 Å². The average molecular weight is 353 g/mol. The van der Waals surface area contributed by atoms with Crippen molar-refractivity contribution in [3.05, 3.63) is 49.9 Å². The molecule has 1 unspecified atom stereocenters. The van der Waals surface area contributed by atoms with E-state index in [1.54, 1.807) is 0 Å². The molecule has 0 aliphatic rings. The van der Waals surface area contributed by atoms with Crippen LogP contribution in [0.4, 0.5) is 0 Å². The summed E-state index contributed by atoms with van der Waals surface area (Å²) in [4.78, 5) is 6.09. The average Bonchev–Trinajstić information content (AvgIpc) is 2.79. The van der Waals surface area contributed by atoms with Gasteiger partial charge in [-0.05, 0) is 44.5 Å². The lowest BCUT2D eigenvalue weighted by atomic mass is 10.2. The van der Waals surface area contributed by atoms with Crippen LogP contribution in [0.5, 0.6) is 0 Å². The van der Waals surface area contributed by atoms with E-state index in [1.807, 2.05) is 11.3 Å². The predicted octanol–water partition coefficient (Wildman–Crippen LogP) is 4.87. The number of hydrogen-bond donors (Lipinski definition) is 1. The second-order valence-electron chi connectivity index (χ2n) is 5.04. The molecule has 4 heteroatoms. The molecule has 0 amide bonds. The maximum absolute atomic E-state index is 4.72. The van der Waals surface area contributed by atoms with Crippen molar-refractivity contribution in [3.63, 3.8) is 0 Å². The summed E-state index contributed by atoms with van der Waals surface area (Å²) >= 11 is 5.30. The lowest BCUT2D eigenvalue weighted by Crippen LogP contribution is -2.18. The molecule has 1 atom stereocenters. The highest BCUT2D eigenvalue weighted by Crippen LogP contribution is 2.26. The van der Waals surface area contributed by atoms with Crippen LogP contribution in [0.15, 0.2) is 28.7 Å². The number of rotatable bonds is 6. The van der Waals surface area contributed by atoms with Gasteiger partial charge in [0.25, 0.3) is 0 Å². The van der Waals surface area contributed by atoms with Crippen LogP contribution in [-0.4, -0.2) is 11.5 Å². The van der Waals surface area contributed by atoms with Gasteiger partial charge in [-0.25, -0.2) is 4.98 Å². The maximum atomic E-state index is 4.72. The number of aryl methyl sites for hydroxylation is 1. The van der Waals surface area contributed by atoms with Crippen LogP contribution in [0, 0.1) is 6.92 Å². The van der Waals surface area contributed by atoms with Crippen molar-refractivity contribution in [2.45, 2.75) is 39.7 Å². The van der Waals surface area contributed by atoms with Crippen LogP contribution in [0.2, 0.25) is 0 Å². The van der Waals surface area contributed by atoms with Gasteiger partial charge in [-0.3, -0.25) is 0 Å². The minimum atomic E-state index is 0.395. The lowest BCUT2D eigenvalue weighted by Gasteiger charge is -2.11. The Bertz CT molecular complexity index is 548. The van der Waals surface area contributed by atoms with Gasteiger partial charge >= 0.3 is 0 Å². The van der Waals surface area contributed by atoms with Crippen molar-refractivity contribution in [2.75, 3.05) is 6.54 Å². The van der Waals surface area contributed by atoms with Crippen molar-refractivity contribution >= 4 is 27.3 Å². The second-order valence-corrected chi connectivity index (χ2v) is 7.07. The van der Waals surface area contributed by atoms with Gasteiger partial charge in [-0.1, -0.05) is 35.0 Å². The van der Waals surface area contributed by atoms with Crippen LogP contribution in [0.3, 0.4) is 0 Å². The highest BCUT2D eigenvalue weighted by molar-refractivity contribution is 9.10. The topological polar surface area (TPSA) is 24.9 Å². The zero-order chi connectivity index (χ0) is 14.5. The number of hydrogen-bond acceptors (Lipinski definition) is 3. The molecule has 1 heterocycles. The molecule has 0 radical (unpaired) electrons. The number of nitrogens with zero attached hydrogens (tertiary/aromatic N) is 1. The second kappa shape index (κ2) is 7.34. The zero-order valence-corrected chi connectivity index (χ0v) is 14.6. The molecule has 0 bridgehead atoms. The Balaban J connectivity index is 2.08. The molecular formula is C16H21BrN2S. The summed E-state index contributed by atoms with van der Waals surface area (Å²) in [7, 11) is 0. The minimum Gasteiger partial charge on any atom is -0.309 e. The van der Waals surface area contributed by atoms with Gasteiger partial charge in [0, 0.05) is 21.8 Å². The largest absolute Gasteiger partial charge is 0.309 e. The first-order chi connectivity index (χ1) is 9.60. The van der Waals surface area contributed by atoms with Gasteiger partial charge in [0.05, 0.1) is 10.7 Å². The zero-order valence-electron chi connectivity index (χ0n) is 12.2. The third-order valence-corrected chi connectivity index (χ3v) is 5.11. The first kappa shape index (κ1) is 15.7. The van der Waals surface area contributed by atoms with Crippen LogP contribution in [0.25, 0.3) is 0 Å². The molecule has 1 N–H and O–H groups in total. The predicted molar refractivity (Wildman–Crippen MR) is 90.5 cm³/mol. The Hall–Kier alpha value is -0.710. The van der Waals surface area contributed by atoms with Crippen molar-refractivity contribution in [2.24, 2.45) is 0 Å². The normalized spacial score (nSPS) is 12.6. The lowest BCUT2D eigenvalue weighted by molar-refractivity contribution is 0.575. The Kier molecular flexibility index (Phi) is 5.75. The summed E-state index contributed by atoms with van der Waals surface area (Å²) in [5.41, 5.74) is 2.47. The molecule has 2 aromatic rings. The van der Waals surface area contributed by atoms with E-state index in [2.05, 4.69) is 66.3 Å². The number of thiazole rings is 1. The highest BCUT2D eigenvalue weighted by atomic mass is 79.9. The van der Waals surface area contributed by atoms with Gasteiger partial charge in [0.15, 0.2) is 0 Å². The van der Waals surface area contributed by atoms with Crippen molar-refractivity contribution in [1.82, 2.24) is 10.3 Å². The summed E-state index contributed by atoms with van der Waals surface area (Å²) in [6.45, 7) is 7.58. The Morgan fingerprint density at radius 1 is 1.30 bits per heavy atom. The molecule has 0 aliphatic carbocycles.